The van der Waals surface area contributed by atoms with Gasteiger partial charge in [-0.1, -0.05) is 18.2 Å². The summed E-state index contributed by atoms with van der Waals surface area (Å²) in [5.41, 5.74) is 4.36. The molecule has 6 rings (SSSR count). The van der Waals surface area contributed by atoms with E-state index >= 15 is 0 Å². The summed E-state index contributed by atoms with van der Waals surface area (Å²) in [6.07, 6.45) is 3.45. The second kappa shape index (κ2) is 6.84. The number of pyridine rings is 1. The van der Waals surface area contributed by atoms with Crippen LogP contribution in [0.15, 0.2) is 73.1 Å². The van der Waals surface area contributed by atoms with E-state index in [0.29, 0.717) is 41.2 Å². The van der Waals surface area contributed by atoms with Gasteiger partial charge in [0.1, 0.15) is 23.3 Å². The van der Waals surface area contributed by atoms with Crippen molar-refractivity contribution in [3.05, 3.63) is 90.0 Å². The molecule has 5 aromatic rings. The summed E-state index contributed by atoms with van der Waals surface area (Å²) in [5.74, 6) is 0.716. The third-order valence-electron chi connectivity index (χ3n) is 5.67. The molecule has 1 aliphatic carbocycles. The first kappa shape index (κ1) is 17.9. The molecule has 1 unspecified atom stereocenters. The van der Waals surface area contributed by atoms with Gasteiger partial charge in [0, 0.05) is 30.9 Å². The van der Waals surface area contributed by atoms with E-state index in [1.165, 1.54) is 6.07 Å². The highest BCUT2D eigenvalue weighted by molar-refractivity contribution is 5.81. The molecule has 0 bridgehead atoms. The van der Waals surface area contributed by atoms with Crippen molar-refractivity contribution in [2.75, 3.05) is 0 Å². The number of halogens is 2. The van der Waals surface area contributed by atoms with Gasteiger partial charge in [0.15, 0.2) is 11.5 Å². The van der Waals surface area contributed by atoms with Gasteiger partial charge in [-0.15, -0.1) is 0 Å². The van der Waals surface area contributed by atoms with E-state index in [1.54, 1.807) is 29.1 Å². The van der Waals surface area contributed by atoms with Crippen LogP contribution in [0.3, 0.4) is 0 Å². The standard InChI is InChI=1S/C24H17F2N5/c25-17-12-15-6-7-18(14-16(15)13-17)31-23(19-4-1-2-5-20(19)26)28-21-8-9-22(29-24(21)31)30-11-3-10-27-30/h1-11,14,17H,12-13H2. The summed E-state index contributed by atoms with van der Waals surface area (Å²) in [4.78, 5) is 9.49. The largest absolute Gasteiger partial charge is 0.277 e. The molecule has 0 saturated heterocycles. The van der Waals surface area contributed by atoms with Crippen LogP contribution in [-0.4, -0.2) is 30.5 Å². The lowest BCUT2D eigenvalue weighted by Crippen LogP contribution is -2.03. The SMILES string of the molecule is Fc1ccccc1-c1nc2ccc(-n3cccn3)nc2n1-c1ccc2c(c1)CC(F)C2. The number of rotatable bonds is 3. The van der Waals surface area contributed by atoms with Crippen molar-refractivity contribution in [2.45, 2.75) is 19.0 Å². The quantitative estimate of drug-likeness (QED) is 0.425. The molecule has 0 spiro atoms. The summed E-state index contributed by atoms with van der Waals surface area (Å²) < 4.78 is 32.2. The zero-order valence-electron chi connectivity index (χ0n) is 16.4. The molecule has 1 atom stereocenters. The summed E-state index contributed by atoms with van der Waals surface area (Å²) in [6, 6.07) is 17.9. The lowest BCUT2D eigenvalue weighted by Gasteiger charge is -2.12. The van der Waals surface area contributed by atoms with Crippen LogP contribution in [-0.2, 0) is 12.8 Å². The minimum absolute atomic E-state index is 0.365. The Morgan fingerprint density at radius 1 is 0.903 bits per heavy atom. The third kappa shape index (κ3) is 2.92. The van der Waals surface area contributed by atoms with E-state index in [0.717, 1.165) is 16.8 Å². The fraction of sp³-hybridized carbons (Fsp3) is 0.125. The monoisotopic (exact) mass is 413 g/mol. The number of alkyl halides is 1. The van der Waals surface area contributed by atoms with Crippen LogP contribution in [0.4, 0.5) is 8.78 Å². The molecule has 0 saturated carbocycles. The maximum absolute atomic E-state index is 14.7. The number of nitrogens with zero attached hydrogens (tertiary/aromatic N) is 5. The average Bonchev–Trinajstić information content (AvgIpc) is 3.50. The zero-order chi connectivity index (χ0) is 20.9. The summed E-state index contributed by atoms with van der Waals surface area (Å²) in [5, 5.41) is 4.25. The van der Waals surface area contributed by atoms with Crippen molar-refractivity contribution >= 4 is 11.2 Å². The molecule has 0 aliphatic heterocycles. The van der Waals surface area contributed by atoms with Gasteiger partial charge in [0.05, 0.1) is 5.56 Å². The predicted molar refractivity (Wildman–Crippen MR) is 114 cm³/mol. The molecule has 2 aromatic carbocycles. The molecular weight excluding hydrogens is 396 g/mol. The van der Waals surface area contributed by atoms with Crippen molar-refractivity contribution in [1.82, 2.24) is 24.3 Å². The van der Waals surface area contributed by atoms with E-state index in [-0.39, 0.29) is 5.82 Å². The van der Waals surface area contributed by atoms with Gasteiger partial charge in [-0.2, -0.15) is 5.10 Å². The van der Waals surface area contributed by atoms with Gasteiger partial charge in [-0.25, -0.2) is 23.4 Å². The molecule has 31 heavy (non-hydrogen) atoms. The first-order chi connectivity index (χ1) is 15.2. The van der Waals surface area contributed by atoms with Crippen LogP contribution in [0.5, 0.6) is 0 Å². The zero-order valence-corrected chi connectivity index (χ0v) is 16.4. The number of aromatic nitrogens is 5. The van der Waals surface area contributed by atoms with Crippen LogP contribution in [0.2, 0.25) is 0 Å². The average molecular weight is 413 g/mol. The molecule has 3 heterocycles. The number of benzene rings is 2. The predicted octanol–water partition coefficient (Wildman–Crippen LogP) is 4.85. The normalized spacial score (nSPS) is 15.5. The van der Waals surface area contributed by atoms with Gasteiger partial charge in [-0.3, -0.25) is 4.57 Å². The van der Waals surface area contributed by atoms with Crippen LogP contribution in [0.1, 0.15) is 11.1 Å². The molecule has 7 heteroatoms. The number of imidazole rings is 1. The first-order valence-electron chi connectivity index (χ1n) is 10.1. The van der Waals surface area contributed by atoms with E-state index in [9.17, 15) is 8.78 Å². The molecule has 0 fully saturated rings. The molecule has 0 amide bonds. The Labute approximate surface area is 176 Å². The van der Waals surface area contributed by atoms with E-state index in [1.807, 2.05) is 47.2 Å². The number of fused-ring (bicyclic) bond motifs is 2. The molecule has 0 radical (unpaired) electrons. The van der Waals surface area contributed by atoms with Gasteiger partial charge in [0.2, 0.25) is 0 Å². The minimum atomic E-state index is -0.861. The van der Waals surface area contributed by atoms with Crippen molar-refractivity contribution < 1.29 is 8.78 Å². The van der Waals surface area contributed by atoms with Crippen LogP contribution >= 0.6 is 0 Å². The van der Waals surface area contributed by atoms with Crippen molar-refractivity contribution in [3.63, 3.8) is 0 Å². The van der Waals surface area contributed by atoms with Crippen molar-refractivity contribution in [2.24, 2.45) is 0 Å². The second-order valence-electron chi connectivity index (χ2n) is 7.67. The van der Waals surface area contributed by atoms with Gasteiger partial charge >= 0.3 is 0 Å². The van der Waals surface area contributed by atoms with E-state index in [4.69, 9.17) is 9.97 Å². The number of hydrogen-bond acceptors (Lipinski definition) is 3. The van der Waals surface area contributed by atoms with E-state index in [2.05, 4.69) is 5.10 Å². The van der Waals surface area contributed by atoms with Crippen LogP contribution in [0, 0.1) is 5.82 Å². The fourth-order valence-corrected chi connectivity index (χ4v) is 4.24. The van der Waals surface area contributed by atoms with Crippen molar-refractivity contribution in [1.29, 1.82) is 0 Å². The minimum Gasteiger partial charge on any atom is -0.277 e. The molecule has 5 nitrogen and oxygen atoms in total. The Hall–Kier alpha value is -3.87. The summed E-state index contributed by atoms with van der Waals surface area (Å²) >= 11 is 0. The first-order valence-corrected chi connectivity index (χ1v) is 10.1. The van der Waals surface area contributed by atoms with Crippen molar-refractivity contribution in [3.8, 4) is 22.9 Å². The molecule has 1 aliphatic rings. The second-order valence-corrected chi connectivity index (χ2v) is 7.67. The van der Waals surface area contributed by atoms with Crippen LogP contribution in [0.25, 0.3) is 34.1 Å². The maximum atomic E-state index is 14.7. The molecule has 152 valence electrons. The highest BCUT2D eigenvalue weighted by Crippen LogP contribution is 2.32. The fourth-order valence-electron chi connectivity index (χ4n) is 4.24. The Kier molecular flexibility index (Phi) is 3.96. The third-order valence-corrected chi connectivity index (χ3v) is 5.67. The topological polar surface area (TPSA) is 48.5 Å². The van der Waals surface area contributed by atoms with Gasteiger partial charge < -0.3 is 0 Å². The van der Waals surface area contributed by atoms with Crippen LogP contribution < -0.4 is 0 Å². The van der Waals surface area contributed by atoms with Gasteiger partial charge in [-0.05, 0) is 53.6 Å². The highest BCUT2D eigenvalue weighted by Gasteiger charge is 2.23. The Morgan fingerprint density at radius 2 is 1.77 bits per heavy atom. The Morgan fingerprint density at radius 3 is 2.61 bits per heavy atom. The van der Waals surface area contributed by atoms with Gasteiger partial charge in [0.25, 0.3) is 0 Å². The van der Waals surface area contributed by atoms with E-state index < -0.39 is 6.17 Å². The Bertz CT molecular complexity index is 1420. The molecule has 3 aromatic heterocycles. The molecular formula is C24H17F2N5. The summed E-state index contributed by atoms with van der Waals surface area (Å²) in [7, 11) is 0. The maximum Gasteiger partial charge on any atom is 0.167 e. The highest BCUT2D eigenvalue weighted by atomic mass is 19.1. The lowest BCUT2D eigenvalue weighted by atomic mass is 10.1. The summed E-state index contributed by atoms with van der Waals surface area (Å²) in [6.45, 7) is 0. The lowest BCUT2D eigenvalue weighted by molar-refractivity contribution is 0.349. The Balaban J connectivity index is 1.63. The smallest absolute Gasteiger partial charge is 0.167 e. The number of hydrogen-bond donors (Lipinski definition) is 0. The molecule has 0 N–H and O–H groups in total.